The van der Waals surface area contributed by atoms with Crippen molar-refractivity contribution < 1.29 is 36.2 Å². The van der Waals surface area contributed by atoms with Crippen molar-refractivity contribution in [3.05, 3.63) is 99.7 Å². The normalized spacial score (nSPS) is 11.4. The maximum absolute atomic E-state index is 13.7. The lowest BCUT2D eigenvalue weighted by Gasteiger charge is -2.14. The Morgan fingerprint density at radius 3 is 2.32 bits per heavy atom. The number of ether oxygens (including phenoxy) is 2. The summed E-state index contributed by atoms with van der Waals surface area (Å²) in [7, 11) is 0. The Morgan fingerprint density at radius 1 is 0.971 bits per heavy atom. The summed E-state index contributed by atoms with van der Waals surface area (Å²) in [6.07, 6.45) is -4.32. The van der Waals surface area contributed by atoms with Crippen molar-refractivity contribution in [2.24, 2.45) is 0 Å². The van der Waals surface area contributed by atoms with Crippen molar-refractivity contribution in [1.82, 2.24) is 0 Å². The third kappa shape index (κ3) is 4.78. The zero-order valence-electron chi connectivity index (χ0n) is 17.6. The van der Waals surface area contributed by atoms with Crippen LogP contribution in [0.5, 0.6) is 17.2 Å². The zero-order valence-corrected chi connectivity index (χ0v) is 17.6. The number of halogens is 4. The van der Waals surface area contributed by atoms with Gasteiger partial charge in [0, 0.05) is 6.07 Å². The predicted octanol–water partition coefficient (Wildman–Crippen LogP) is 6.52. The van der Waals surface area contributed by atoms with Gasteiger partial charge in [-0.2, -0.15) is 13.2 Å². The highest BCUT2D eigenvalue weighted by atomic mass is 19.4. The Morgan fingerprint density at radius 2 is 1.68 bits per heavy atom. The number of rotatable bonds is 5. The molecule has 0 saturated heterocycles. The maximum atomic E-state index is 13.7. The van der Waals surface area contributed by atoms with E-state index in [0.29, 0.717) is 0 Å². The second kappa shape index (κ2) is 9.01. The molecule has 0 fully saturated rings. The van der Waals surface area contributed by atoms with Gasteiger partial charge < -0.3 is 13.9 Å². The van der Waals surface area contributed by atoms with Crippen molar-refractivity contribution in [1.29, 1.82) is 0 Å². The van der Waals surface area contributed by atoms with Gasteiger partial charge in [0.2, 0.25) is 11.2 Å². The first kappa shape index (κ1) is 23.0. The predicted molar refractivity (Wildman–Crippen MR) is 115 cm³/mol. The zero-order chi connectivity index (χ0) is 24.5. The molecule has 0 aliphatic carbocycles. The smallest absolute Gasteiger partial charge is 0.449 e. The van der Waals surface area contributed by atoms with E-state index in [1.807, 2.05) is 6.92 Å². The van der Waals surface area contributed by atoms with Gasteiger partial charge in [0.15, 0.2) is 0 Å². The van der Waals surface area contributed by atoms with Gasteiger partial charge in [-0.15, -0.1) is 0 Å². The number of alkyl halides is 3. The second-order valence-corrected chi connectivity index (χ2v) is 7.24. The van der Waals surface area contributed by atoms with Crippen LogP contribution in [0.1, 0.15) is 28.6 Å². The highest BCUT2D eigenvalue weighted by Gasteiger charge is 2.40. The van der Waals surface area contributed by atoms with Crippen molar-refractivity contribution in [2.45, 2.75) is 19.5 Å². The first-order chi connectivity index (χ1) is 16.2. The quantitative estimate of drug-likeness (QED) is 0.188. The number of fused-ring (bicyclic) bond motifs is 1. The van der Waals surface area contributed by atoms with Gasteiger partial charge in [0.1, 0.15) is 22.9 Å². The molecule has 174 valence electrons. The fourth-order valence-corrected chi connectivity index (χ4v) is 3.19. The van der Waals surface area contributed by atoms with E-state index < -0.39 is 40.5 Å². The van der Waals surface area contributed by atoms with Crippen LogP contribution >= 0.6 is 0 Å². The molecular formula is C25H16F4O5. The number of benzene rings is 3. The van der Waals surface area contributed by atoms with E-state index in [1.54, 1.807) is 12.1 Å². The van der Waals surface area contributed by atoms with Gasteiger partial charge in [-0.25, -0.2) is 9.18 Å². The number of esters is 1. The summed E-state index contributed by atoms with van der Waals surface area (Å²) >= 11 is 0. The van der Waals surface area contributed by atoms with E-state index in [2.05, 4.69) is 0 Å². The second-order valence-electron chi connectivity index (χ2n) is 7.24. The van der Waals surface area contributed by atoms with Crippen LogP contribution in [0.15, 0.2) is 75.9 Å². The number of hydrogen-bond acceptors (Lipinski definition) is 5. The highest BCUT2D eigenvalue weighted by molar-refractivity contribution is 5.91. The molecule has 1 aromatic heterocycles. The van der Waals surface area contributed by atoms with Crippen molar-refractivity contribution >= 4 is 16.9 Å². The fraction of sp³-hybridized carbons (Fsp3) is 0.120. The Balaban J connectivity index is 1.73. The van der Waals surface area contributed by atoms with Crippen LogP contribution in [-0.4, -0.2) is 5.97 Å². The molecular weight excluding hydrogens is 456 g/mol. The Kier molecular flexibility index (Phi) is 6.10. The lowest BCUT2D eigenvalue weighted by molar-refractivity contribution is -0.154. The van der Waals surface area contributed by atoms with Gasteiger partial charge in [0.05, 0.1) is 10.9 Å². The summed E-state index contributed by atoms with van der Waals surface area (Å²) < 4.78 is 69.9. The van der Waals surface area contributed by atoms with Crippen molar-refractivity contribution in [3.8, 4) is 17.2 Å². The number of carbonyl (C=O) groups excluding carboxylic acids is 1. The summed E-state index contributed by atoms with van der Waals surface area (Å²) in [5.74, 6) is -4.39. The number of aryl methyl sites for hydroxylation is 1. The lowest BCUT2D eigenvalue weighted by Crippen LogP contribution is -2.15. The number of carbonyl (C=O) groups is 1. The van der Waals surface area contributed by atoms with E-state index in [0.717, 1.165) is 36.2 Å². The molecule has 0 atom stereocenters. The molecule has 4 aromatic rings. The van der Waals surface area contributed by atoms with Crippen LogP contribution in [0.3, 0.4) is 0 Å². The Labute approximate surface area is 190 Å². The van der Waals surface area contributed by atoms with Crippen LogP contribution in [0.4, 0.5) is 17.6 Å². The molecule has 5 nitrogen and oxygen atoms in total. The summed E-state index contributed by atoms with van der Waals surface area (Å²) in [4.78, 5) is 25.1. The minimum absolute atomic E-state index is 0.0370. The summed E-state index contributed by atoms with van der Waals surface area (Å²) in [5.41, 5.74) is -0.670. The molecule has 0 spiro atoms. The fourth-order valence-electron chi connectivity index (χ4n) is 3.19. The van der Waals surface area contributed by atoms with Gasteiger partial charge >= 0.3 is 12.1 Å². The van der Waals surface area contributed by atoms with E-state index in [9.17, 15) is 27.2 Å². The van der Waals surface area contributed by atoms with Crippen LogP contribution in [0.2, 0.25) is 0 Å². The molecule has 0 bridgehead atoms. The first-order valence-corrected chi connectivity index (χ1v) is 10.1. The highest BCUT2D eigenvalue weighted by Crippen LogP contribution is 2.38. The van der Waals surface area contributed by atoms with Gasteiger partial charge in [-0.3, -0.25) is 4.79 Å². The topological polar surface area (TPSA) is 65.7 Å². The molecule has 0 amide bonds. The molecule has 3 aromatic carbocycles. The van der Waals surface area contributed by atoms with E-state index in [-0.39, 0.29) is 22.4 Å². The molecule has 4 rings (SSSR count). The van der Waals surface area contributed by atoms with Gasteiger partial charge in [0.25, 0.3) is 5.76 Å². The lowest BCUT2D eigenvalue weighted by atomic mass is 10.1. The standard InChI is InChI=1S/C25H16F4O5/c1-2-14-6-8-17(9-7-14)32-22-21(30)19-11-10-18(13-20(19)34-23(22)25(27,28)29)33-24(31)15-4-3-5-16(26)12-15/h3-13H,2H2,1H3. The maximum Gasteiger partial charge on any atom is 0.453 e. The minimum atomic E-state index is -5.04. The third-order valence-corrected chi connectivity index (χ3v) is 4.90. The van der Waals surface area contributed by atoms with Gasteiger partial charge in [-0.05, 0) is 54.4 Å². The summed E-state index contributed by atoms with van der Waals surface area (Å²) in [6, 6.07) is 14.3. The van der Waals surface area contributed by atoms with Crippen LogP contribution in [-0.2, 0) is 12.6 Å². The van der Waals surface area contributed by atoms with Crippen LogP contribution in [0.25, 0.3) is 11.0 Å². The number of hydrogen-bond donors (Lipinski definition) is 0. The monoisotopic (exact) mass is 472 g/mol. The molecule has 0 aliphatic rings. The summed E-state index contributed by atoms with van der Waals surface area (Å²) in [6.45, 7) is 1.92. The molecule has 0 saturated carbocycles. The molecule has 9 heteroatoms. The third-order valence-electron chi connectivity index (χ3n) is 4.90. The molecule has 1 heterocycles. The Hall–Kier alpha value is -4.14. The molecule has 0 aliphatic heterocycles. The first-order valence-electron chi connectivity index (χ1n) is 10.1. The average molecular weight is 472 g/mol. The van der Waals surface area contributed by atoms with Gasteiger partial charge in [-0.1, -0.05) is 25.1 Å². The molecule has 0 N–H and O–H groups in total. The van der Waals surface area contributed by atoms with E-state index >= 15 is 0 Å². The average Bonchev–Trinajstić information content (AvgIpc) is 2.80. The largest absolute Gasteiger partial charge is 0.453 e. The minimum Gasteiger partial charge on any atom is -0.449 e. The van der Waals surface area contributed by atoms with Crippen molar-refractivity contribution in [2.75, 3.05) is 0 Å². The molecule has 0 unspecified atom stereocenters. The SMILES string of the molecule is CCc1ccc(Oc2c(C(F)(F)F)oc3cc(OC(=O)c4cccc(F)c4)ccc3c2=O)cc1. The van der Waals surface area contributed by atoms with Crippen LogP contribution in [0, 0.1) is 5.82 Å². The molecule has 0 radical (unpaired) electrons. The summed E-state index contributed by atoms with van der Waals surface area (Å²) in [5, 5.41) is -0.210. The van der Waals surface area contributed by atoms with E-state index in [4.69, 9.17) is 13.9 Å². The molecule has 34 heavy (non-hydrogen) atoms. The van der Waals surface area contributed by atoms with E-state index in [1.165, 1.54) is 30.3 Å². The Bertz CT molecular complexity index is 1420. The van der Waals surface area contributed by atoms with Crippen molar-refractivity contribution in [3.63, 3.8) is 0 Å². The van der Waals surface area contributed by atoms with Crippen LogP contribution < -0.4 is 14.9 Å².